The third-order valence-electron chi connectivity index (χ3n) is 2.81. The summed E-state index contributed by atoms with van der Waals surface area (Å²) in [6, 6.07) is 2.86. The first-order chi connectivity index (χ1) is 9.60. The molecule has 106 valence electrons. The molecule has 1 N–H and O–H groups in total. The summed E-state index contributed by atoms with van der Waals surface area (Å²) in [4.78, 5) is 14.6. The van der Waals surface area contributed by atoms with Crippen molar-refractivity contribution in [3.05, 3.63) is 34.1 Å². The van der Waals surface area contributed by atoms with Crippen LogP contribution in [0.3, 0.4) is 0 Å². The highest BCUT2D eigenvalue weighted by Gasteiger charge is 2.23. The van der Waals surface area contributed by atoms with E-state index < -0.39 is 4.92 Å². The molecule has 0 aliphatic carbocycles. The van der Waals surface area contributed by atoms with Crippen molar-refractivity contribution < 1.29 is 14.8 Å². The van der Waals surface area contributed by atoms with Crippen molar-refractivity contribution in [3.63, 3.8) is 0 Å². The lowest BCUT2D eigenvalue weighted by Gasteiger charge is -2.08. The first-order valence-electron chi connectivity index (χ1n) is 5.96. The minimum Gasteiger partial charge on any atom is -0.490 e. The third-order valence-corrected chi connectivity index (χ3v) is 2.81. The first kappa shape index (κ1) is 13.9. The molecule has 1 heterocycles. The molecular formula is C12H14N4O4. The Labute approximate surface area is 114 Å². The van der Waals surface area contributed by atoms with E-state index in [0.29, 0.717) is 23.5 Å². The number of benzene rings is 1. The highest BCUT2D eigenvalue weighted by Crippen LogP contribution is 2.37. The fraction of sp³-hybridized carbons (Fsp3) is 0.333. The summed E-state index contributed by atoms with van der Waals surface area (Å²) in [7, 11) is 1.35. The number of nitro benzene ring substituents is 1. The van der Waals surface area contributed by atoms with Gasteiger partial charge in [0.25, 0.3) is 0 Å². The summed E-state index contributed by atoms with van der Waals surface area (Å²) in [6.45, 7) is 2.23. The summed E-state index contributed by atoms with van der Waals surface area (Å²) < 4.78 is 6.73. The van der Waals surface area contributed by atoms with Crippen LogP contribution in [0.15, 0.2) is 18.5 Å². The molecule has 8 heteroatoms. The Balaban J connectivity index is 2.66. The Morgan fingerprint density at radius 1 is 1.50 bits per heavy atom. The van der Waals surface area contributed by atoms with Gasteiger partial charge >= 0.3 is 5.69 Å². The molecule has 1 aromatic carbocycles. The average Bonchev–Trinajstić information content (AvgIpc) is 2.94. The molecule has 0 saturated carbocycles. The topological polar surface area (TPSA) is 103 Å². The Kier molecular flexibility index (Phi) is 3.94. The number of aliphatic hydroxyl groups excluding tert-OH is 1. The zero-order valence-corrected chi connectivity index (χ0v) is 11.1. The number of nitro groups is 1. The summed E-state index contributed by atoms with van der Waals surface area (Å²) in [5.74, 6) is 0.406. The lowest BCUT2D eigenvalue weighted by molar-refractivity contribution is -0.385. The fourth-order valence-electron chi connectivity index (χ4n) is 1.85. The summed E-state index contributed by atoms with van der Waals surface area (Å²) in [5.41, 5.74) is 0.570. The van der Waals surface area contributed by atoms with Crippen molar-refractivity contribution >= 4 is 5.69 Å². The lowest BCUT2D eigenvalue weighted by atomic mass is 10.1. The zero-order valence-electron chi connectivity index (χ0n) is 11.1. The van der Waals surface area contributed by atoms with Gasteiger partial charge in [0.15, 0.2) is 5.82 Å². The molecule has 2 rings (SSSR count). The van der Waals surface area contributed by atoms with Gasteiger partial charge in [0.2, 0.25) is 5.75 Å². The number of aromatic nitrogens is 3. The molecule has 0 spiro atoms. The van der Waals surface area contributed by atoms with Gasteiger partial charge in [0.1, 0.15) is 6.33 Å². The standard InChI is InChI=1S/C12H14N4O4/c1-3-15-7-13-12(14-15)9-4-8(6-17)5-10(16(18)19)11(9)20-2/h4-5,7,17H,3,6H2,1-2H3. The minimum atomic E-state index is -0.557. The largest absolute Gasteiger partial charge is 0.490 e. The molecule has 0 amide bonds. The highest BCUT2D eigenvalue weighted by molar-refractivity contribution is 5.72. The zero-order chi connectivity index (χ0) is 14.7. The van der Waals surface area contributed by atoms with Crippen LogP contribution in [0.25, 0.3) is 11.4 Å². The molecule has 2 aromatic rings. The van der Waals surface area contributed by atoms with Crippen LogP contribution in [-0.2, 0) is 13.2 Å². The third kappa shape index (κ3) is 2.45. The molecule has 0 bridgehead atoms. The summed E-state index contributed by atoms with van der Waals surface area (Å²) in [5, 5.41) is 24.5. The number of aryl methyl sites for hydroxylation is 1. The highest BCUT2D eigenvalue weighted by atomic mass is 16.6. The van der Waals surface area contributed by atoms with Crippen molar-refractivity contribution in [3.8, 4) is 17.1 Å². The van der Waals surface area contributed by atoms with Gasteiger partial charge in [-0.3, -0.25) is 14.8 Å². The molecule has 0 aliphatic rings. The van der Waals surface area contributed by atoms with Crippen LogP contribution in [0.4, 0.5) is 5.69 Å². The van der Waals surface area contributed by atoms with Crippen LogP contribution in [0.2, 0.25) is 0 Å². The van der Waals surface area contributed by atoms with E-state index in [0.717, 1.165) is 0 Å². The Bertz CT molecular complexity index is 638. The maximum Gasteiger partial charge on any atom is 0.312 e. The van der Waals surface area contributed by atoms with Crippen molar-refractivity contribution in [1.82, 2.24) is 14.8 Å². The normalized spacial score (nSPS) is 10.6. The van der Waals surface area contributed by atoms with E-state index in [9.17, 15) is 15.2 Å². The average molecular weight is 278 g/mol. The monoisotopic (exact) mass is 278 g/mol. The van der Waals surface area contributed by atoms with Crippen LogP contribution in [0, 0.1) is 10.1 Å². The number of rotatable bonds is 5. The molecule has 20 heavy (non-hydrogen) atoms. The summed E-state index contributed by atoms with van der Waals surface area (Å²) in [6.07, 6.45) is 1.53. The van der Waals surface area contributed by atoms with Crippen molar-refractivity contribution in [2.45, 2.75) is 20.1 Å². The molecule has 8 nitrogen and oxygen atoms in total. The van der Waals surface area contributed by atoms with Crippen molar-refractivity contribution in [2.24, 2.45) is 0 Å². The van der Waals surface area contributed by atoms with Gasteiger partial charge in [-0.2, -0.15) is 5.10 Å². The van der Waals surface area contributed by atoms with Gasteiger partial charge in [-0.25, -0.2) is 4.98 Å². The Hall–Kier alpha value is -2.48. The molecular weight excluding hydrogens is 264 g/mol. The molecule has 0 saturated heterocycles. The van der Waals surface area contributed by atoms with Crippen LogP contribution < -0.4 is 4.74 Å². The number of aliphatic hydroxyl groups is 1. The van der Waals surface area contributed by atoms with E-state index in [1.165, 1.54) is 19.5 Å². The van der Waals surface area contributed by atoms with Gasteiger partial charge in [0, 0.05) is 12.6 Å². The smallest absolute Gasteiger partial charge is 0.312 e. The Morgan fingerprint density at radius 2 is 2.25 bits per heavy atom. The van der Waals surface area contributed by atoms with E-state index in [1.807, 2.05) is 6.92 Å². The van der Waals surface area contributed by atoms with Gasteiger partial charge in [-0.15, -0.1) is 0 Å². The number of methoxy groups -OCH3 is 1. The molecule has 0 radical (unpaired) electrons. The molecule has 0 fully saturated rings. The predicted molar refractivity (Wildman–Crippen MR) is 70.3 cm³/mol. The van der Waals surface area contributed by atoms with Crippen LogP contribution in [0.5, 0.6) is 5.75 Å². The van der Waals surface area contributed by atoms with E-state index in [4.69, 9.17) is 4.74 Å². The van der Waals surface area contributed by atoms with E-state index in [1.54, 1.807) is 10.7 Å². The number of ether oxygens (including phenoxy) is 1. The number of nitrogens with zero attached hydrogens (tertiary/aromatic N) is 4. The fourth-order valence-corrected chi connectivity index (χ4v) is 1.85. The van der Waals surface area contributed by atoms with Crippen LogP contribution in [-0.4, -0.2) is 31.9 Å². The van der Waals surface area contributed by atoms with Crippen molar-refractivity contribution in [2.75, 3.05) is 7.11 Å². The maximum absolute atomic E-state index is 11.1. The quantitative estimate of drug-likeness (QED) is 0.654. The van der Waals surface area contributed by atoms with Crippen LogP contribution >= 0.6 is 0 Å². The maximum atomic E-state index is 11.1. The SMILES string of the molecule is CCn1cnc(-c2cc(CO)cc([N+](=O)[O-])c2OC)n1. The number of hydrogen-bond donors (Lipinski definition) is 1. The molecule has 0 aliphatic heterocycles. The van der Waals surface area contributed by atoms with Crippen LogP contribution in [0.1, 0.15) is 12.5 Å². The molecule has 0 atom stereocenters. The van der Waals surface area contributed by atoms with E-state index >= 15 is 0 Å². The van der Waals surface area contributed by atoms with Crippen molar-refractivity contribution in [1.29, 1.82) is 0 Å². The Morgan fingerprint density at radius 3 is 2.75 bits per heavy atom. The molecule has 1 aromatic heterocycles. The van der Waals surface area contributed by atoms with E-state index in [2.05, 4.69) is 10.1 Å². The second kappa shape index (κ2) is 5.66. The molecule has 0 unspecified atom stereocenters. The van der Waals surface area contributed by atoms with Gasteiger partial charge < -0.3 is 9.84 Å². The lowest BCUT2D eigenvalue weighted by Crippen LogP contribution is -2.00. The second-order valence-corrected chi connectivity index (χ2v) is 4.03. The predicted octanol–water partition coefficient (Wildman–Crippen LogP) is 1.37. The van der Waals surface area contributed by atoms with E-state index in [-0.39, 0.29) is 18.0 Å². The first-order valence-corrected chi connectivity index (χ1v) is 5.96. The van der Waals surface area contributed by atoms with Gasteiger partial charge in [0.05, 0.1) is 24.2 Å². The van der Waals surface area contributed by atoms with Gasteiger partial charge in [-0.1, -0.05) is 0 Å². The minimum absolute atomic E-state index is 0.0843. The van der Waals surface area contributed by atoms with Gasteiger partial charge in [-0.05, 0) is 18.6 Å². The second-order valence-electron chi connectivity index (χ2n) is 4.03. The summed E-state index contributed by atoms with van der Waals surface area (Å²) >= 11 is 0. The number of hydrogen-bond acceptors (Lipinski definition) is 6.